The zero-order valence-electron chi connectivity index (χ0n) is 15.6. The molecule has 4 heteroatoms. The molecule has 5 rings (SSSR count). The number of para-hydroxylation sites is 1. The molecule has 0 aliphatic rings. The quantitative estimate of drug-likeness (QED) is 0.359. The van der Waals surface area contributed by atoms with Crippen LogP contribution in [0.15, 0.2) is 97.2 Å². The fraction of sp³-hybridized carbons (Fsp3) is 0.0400. The molecular formula is C25H18Cl2CrN. The summed E-state index contributed by atoms with van der Waals surface area (Å²) in [6.45, 7) is 0. The van der Waals surface area contributed by atoms with E-state index >= 15 is 0 Å². The van der Waals surface area contributed by atoms with Crippen LogP contribution in [0.25, 0.3) is 32.8 Å². The Bertz CT molecular complexity index is 1220. The Morgan fingerprint density at radius 1 is 0.724 bits per heavy atom. The first-order valence-electron chi connectivity index (χ1n) is 8.95. The molecule has 0 saturated heterocycles. The molecule has 0 fully saturated rings. The van der Waals surface area contributed by atoms with Crippen LogP contribution in [0.1, 0.15) is 11.1 Å². The molecule has 143 valence electrons. The molecule has 4 aromatic carbocycles. The summed E-state index contributed by atoms with van der Waals surface area (Å²) in [5.41, 5.74) is 6.22. The summed E-state index contributed by atoms with van der Waals surface area (Å²) in [5.74, 6) is 0. The maximum absolute atomic E-state index is 4.59. The van der Waals surface area contributed by atoms with Gasteiger partial charge in [0.2, 0.25) is 0 Å². The number of nitrogens with zero attached hydrogens (tertiary/aromatic N) is 1. The van der Waals surface area contributed by atoms with Crippen molar-refractivity contribution >= 4 is 21.7 Å². The number of halogens is 2. The summed E-state index contributed by atoms with van der Waals surface area (Å²) >= 11 is 0. The van der Waals surface area contributed by atoms with E-state index in [9.17, 15) is 0 Å². The monoisotopic (exact) mass is 454 g/mol. The van der Waals surface area contributed by atoms with Crippen LogP contribution in [-0.2, 0) is 23.8 Å². The standard InChI is InChI=1S/C25H18N.2ClH.Cr/c1-2-11-23-19(6-1)7-3-9-21(23)16-18-13-14-22(17-18)24-12-4-8-20-10-5-15-26-25(20)24;;;/h1-15,17H,16H2;2*1H;/q-1;;;+3/p-2. The van der Waals surface area contributed by atoms with Gasteiger partial charge in [-0.25, -0.2) is 0 Å². The minimum atomic E-state index is 0. The molecule has 1 radical (unpaired) electrons. The molecule has 0 spiro atoms. The van der Waals surface area contributed by atoms with Gasteiger partial charge in [-0.2, -0.15) is 0 Å². The molecule has 0 amide bonds. The molecule has 0 aliphatic heterocycles. The fourth-order valence-corrected chi connectivity index (χ4v) is 3.77. The van der Waals surface area contributed by atoms with Crippen molar-refractivity contribution in [2.24, 2.45) is 0 Å². The van der Waals surface area contributed by atoms with Crippen LogP contribution in [0.2, 0.25) is 0 Å². The van der Waals surface area contributed by atoms with Crippen molar-refractivity contribution in [2.75, 3.05) is 0 Å². The van der Waals surface area contributed by atoms with E-state index in [1.807, 2.05) is 12.3 Å². The number of rotatable bonds is 3. The second-order valence-electron chi connectivity index (χ2n) is 6.70. The molecule has 1 nitrogen and oxygen atoms in total. The van der Waals surface area contributed by atoms with Gasteiger partial charge in [-0.3, -0.25) is 4.98 Å². The first-order chi connectivity index (χ1) is 12.9. The molecular weight excluding hydrogens is 437 g/mol. The molecule has 1 heterocycles. The molecule has 0 saturated carbocycles. The van der Waals surface area contributed by atoms with Crippen LogP contribution in [0.4, 0.5) is 0 Å². The summed E-state index contributed by atoms with van der Waals surface area (Å²) in [4.78, 5) is 4.59. The molecule has 5 aromatic rings. The van der Waals surface area contributed by atoms with Crippen molar-refractivity contribution in [3.63, 3.8) is 0 Å². The third-order valence-corrected chi connectivity index (χ3v) is 5.04. The van der Waals surface area contributed by atoms with Crippen molar-refractivity contribution in [2.45, 2.75) is 6.42 Å². The minimum absolute atomic E-state index is 0. The number of hydrogen-bond acceptors (Lipinski definition) is 1. The predicted molar refractivity (Wildman–Crippen MR) is 110 cm³/mol. The Labute approximate surface area is 194 Å². The smallest absolute Gasteiger partial charge is 1.00 e. The van der Waals surface area contributed by atoms with Gasteiger partial charge < -0.3 is 24.8 Å². The molecule has 0 N–H and O–H groups in total. The SMILES string of the molecule is [Cl-].[Cl-].[Cr+3].c1ccc2c(Cc3cc[c-](-c4cccc5cccnc45)c3)cccc2c1. The van der Waals surface area contributed by atoms with Crippen molar-refractivity contribution in [1.29, 1.82) is 0 Å². The predicted octanol–water partition coefficient (Wildman–Crippen LogP) is 0.370. The molecule has 29 heavy (non-hydrogen) atoms. The van der Waals surface area contributed by atoms with Gasteiger partial charge in [0.25, 0.3) is 0 Å². The van der Waals surface area contributed by atoms with Gasteiger partial charge in [0, 0.05) is 11.7 Å². The topological polar surface area (TPSA) is 12.9 Å². The molecule has 0 bridgehead atoms. The van der Waals surface area contributed by atoms with E-state index in [1.54, 1.807) is 0 Å². The zero-order chi connectivity index (χ0) is 17.3. The summed E-state index contributed by atoms with van der Waals surface area (Å²) in [6, 6.07) is 32.4. The summed E-state index contributed by atoms with van der Waals surface area (Å²) in [6.07, 6.45) is 2.81. The van der Waals surface area contributed by atoms with Crippen LogP contribution in [0.3, 0.4) is 0 Å². The van der Waals surface area contributed by atoms with Gasteiger partial charge in [-0.05, 0) is 34.2 Å². The number of fused-ring (bicyclic) bond motifs is 2. The molecule has 0 atom stereocenters. The molecule has 1 aromatic heterocycles. The largest absolute Gasteiger partial charge is 3.00 e. The van der Waals surface area contributed by atoms with Crippen molar-refractivity contribution < 1.29 is 42.2 Å². The second kappa shape index (κ2) is 10.0. The number of pyridine rings is 1. The normalized spacial score (nSPS) is 10.1. The first kappa shape index (κ1) is 23.1. The average molecular weight is 455 g/mol. The Kier molecular flexibility index (Phi) is 7.97. The van der Waals surface area contributed by atoms with Crippen LogP contribution >= 0.6 is 0 Å². The van der Waals surface area contributed by atoms with E-state index in [-0.39, 0.29) is 42.2 Å². The zero-order valence-corrected chi connectivity index (χ0v) is 18.3. The van der Waals surface area contributed by atoms with E-state index in [4.69, 9.17) is 0 Å². The Hall–Kier alpha value is -2.21. The number of hydrogen-bond donors (Lipinski definition) is 0. The maximum atomic E-state index is 4.59. The van der Waals surface area contributed by atoms with Crippen LogP contribution in [0.5, 0.6) is 0 Å². The van der Waals surface area contributed by atoms with Crippen LogP contribution < -0.4 is 24.8 Å². The van der Waals surface area contributed by atoms with E-state index in [1.165, 1.54) is 38.4 Å². The first-order valence-corrected chi connectivity index (χ1v) is 8.95. The van der Waals surface area contributed by atoms with Crippen LogP contribution in [0, 0.1) is 0 Å². The van der Waals surface area contributed by atoms with Crippen molar-refractivity contribution in [3.8, 4) is 11.1 Å². The summed E-state index contributed by atoms with van der Waals surface area (Å²) < 4.78 is 0. The summed E-state index contributed by atoms with van der Waals surface area (Å²) in [5, 5.41) is 3.82. The van der Waals surface area contributed by atoms with Gasteiger partial charge >= 0.3 is 17.4 Å². The van der Waals surface area contributed by atoms with Crippen LogP contribution in [-0.4, -0.2) is 4.98 Å². The minimum Gasteiger partial charge on any atom is -1.00 e. The maximum Gasteiger partial charge on any atom is 3.00 e. The van der Waals surface area contributed by atoms with Crippen molar-refractivity contribution in [1.82, 2.24) is 4.98 Å². The molecule has 0 unspecified atom stereocenters. The van der Waals surface area contributed by atoms with Crippen molar-refractivity contribution in [3.05, 3.63) is 108 Å². The third-order valence-electron chi connectivity index (χ3n) is 5.04. The Morgan fingerprint density at radius 3 is 2.34 bits per heavy atom. The van der Waals surface area contributed by atoms with E-state index < -0.39 is 0 Å². The third kappa shape index (κ3) is 4.53. The van der Waals surface area contributed by atoms with Gasteiger partial charge in [-0.1, -0.05) is 71.8 Å². The number of aromatic nitrogens is 1. The Balaban J connectivity index is 0.000001000. The Morgan fingerprint density at radius 2 is 1.45 bits per heavy atom. The van der Waals surface area contributed by atoms with E-state index in [0.29, 0.717) is 0 Å². The van der Waals surface area contributed by atoms with E-state index in [2.05, 4.69) is 89.9 Å². The van der Waals surface area contributed by atoms with Gasteiger partial charge in [0.1, 0.15) is 0 Å². The molecule has 0 aliphatic carbocycles. The van der Waals surface area contributed by atoms with Gasteiger partial charge in [0.05, 0.1) is 0 Å². The number of benzene rings is 3. The second-order valence-corrected chi connectivity index (χ2v) is 6.70. The summed E-state index contributed by atoms with van der Waals surface area (Å²) in [7, 11) is 0. The van der Waals surface area contributed by atoms with Gasteiger partial charge in [0.15, 0.2) is 0 Å². The fourth-order valence-electron chi connectivity index (χ4n) is 3.77. The van der Waals surface area contributed by atoms with E-state index in [0.717, 1.165) is 11.9 Å². The van der Waals surface area contributed by atoms with Gasteiger partial charge in [-0.15, -0.1) is 29.8 Å². The average Bonchev–Trinajstić information content (AvgIpc) is 3.16.